The van der Waals surface area contributed by atoms with E-state index in [1.54, 1.807) is 43.3 Å². The van der Waals surface area contributed by atoms with Gasteiger partial charge in [0.2, 0.25) is 0 Å². The number of carbonyl (C=O) groups is 2. The van der Waals surface area contributed by atoms with E-state index >= 15 is 0 Å². The summed E-state index contributed by atoms with van der Waals surface area (Å²) in [5.74, 6) is -0.0922. The first-order valence-corrected chi connectivity index (χ1v) is 7.70. The van der Waals surface area contributed by atoms with Gasteiger partial charge in [-0.15, -0.1) is 0 Å². The van der Waals surface area contributed by atoms with Gasteiger partial charge in [-0.25, -0.2) is 4.79 Å². The Kier molecular flexibility index (Phi) is 5.76. The van der Waals surface area contributed by atoms with Gasteiger partial charge in [-0.1, -0.05) is 15.9 Å². The molecule has 0 saturated heterocycles. The molecule has 2 rings (SSSR count). The zero-order valence-corrected chi connectivity index (χ0v) is 14.3. The second-order valence-electron chi connectivity index (χ2n) is 4.77. The standard InChI is InChI=1S/C17H16BrNO4/c1-11(23-15-9-5-13(18)6-10-15)16(20)19-14-7-3-12(4-8-14)17(21)22-2/h3-11H,1-2H3,(H,19,20). The van der Waals surface area contributed by atoms with E-state index in [1.165, 1.54) is 7.11 Å². The number of carbonyl (C=O) groups excluding carboxylic acids is 2. The maximum Gasteiger partial charge on any atom is 0.337 e. The molecule has 0 aliphatic carbocycles. The summed E-state index contributed by atoms with van der Waals surface area (Å²) in [4.78, 5) is 23.5. The molecule has 2 aromatic carbocycles. The summed E-state index contributed by atoms with van der Waals surface area (Å²) in [6.07, 6.45) is -0.656. The number of methoxy groups -OCH3 is 1. The Balaban J connectivity index is 1.95. The normalized spacial score (nSPS) is 11.4. The van der Waals surface area contributed by atoms with Crippen molar-refractivity contribution in [1.29, 1.82) is 0 Å². The Morgan fingerprint density at radius 3 is 2.22 bits per heavy atom. The summed E-state index contributed by atoms with van der Waals surface area (Å²) >= 11 is 3.34. The van der Waals surface area contributed by atoms with Crippen LogP contribution in [0.25, 0.3) is 0 Å². The lowest BCUT2D eigenvalue weighted by atomic mass is 10.2. The average molecular weight is 378 g/mol. The molecule has 1 N–H and O–H groups in total. The Morgan fingerprint density at radius 1 is 1.04 bits per heavy atom. The van der Waals surface area contributed by atoms with Crippen LogP contribution in [0.4, 0.5) is 5.69 Å². The molecule has 6 heteroatoms. The maximum atomic E-state index is 12.1. The lowest BCUT2D eigenvalue weighted by molar-refractivity contribution is -0.122. The maximum absolute atomic E-state index is 12.1. The number of ether oxygens (including phenoxy) is 2. The highest BCUT2D eigenvalue weighted by Gasteiger charge is 2.15. The van der Waals surface area contributed by atoms with E-state index < -0.39 is 12.1 Å². The van der Waals surface area contributed by atoms with Crippen molar-refractivity contribution in [2.24, 2.45) is 0 Å². The van der Waals surface area contributed by atoms with Crippen LogP contribution in [0.15, 0.2) is 53.0 Å². The fraction of sp³-hybridized carbons (Fsp3) is 0.176. The molecule has 0 aliphatic heterocycles. The molecule has 0 fully saturated rings. The molecule has 0 heterocycles. The van der Waals surface area contributed by atoms with Gasteiger partial charge in [-0.3, -0.25) is 4.79 Å². The van der Waals surface area contributed by atoms with E-state index in [-0.39, 0.29) is 5.91 Å². The number of hydrogen-bond acceptors (Lipinski definition) is 4. The molecule has 120 valence electrons. The van der Waals surface area contributed by atoms with Crippen molar-refractivity contribution >= 4 is 33.5 Å². The second-order valence-corrected chi connectivity index (χ2v) is 5.69. The molecule has 0 bridgehead atoms. The van der Waals surface area contributed by atoms with E-state index in [9.17, 15) is 9.59 Å². The zero-order chi connectivity index (χ0) is 16.8. The van der Waals surface area contributed by atoms with Crippen molar-refractivity contribution in [2.75, 3.05) is 12.4 Å². The molecule has 5 nitrogen and oxygen atoms in total. The summed E-state index contributed by atoms with van der Waals surface area (Å²) in [6.45, 7) is 1.67. The van der Waals surface area contributed by atoms with Crippen molar-refractivity contribution in [3.8, 4) is 5.75 Å². The van der Waals surface area contributed by atoms with Crippen molar-refractivity contribution < 1.29 is 19.1 Å². The van der Waals surface area contributed by atoms with Crippen molar-refractivity contribution in [3.05, 3.63) is 58.6 Å². The van der Waals surface area contributed by atoms with E-state index in [1.807, 2.05) is 12.1 Å². The number of esters is 1. The first-order valence-electron chi connectivity index (χ1n) is 6.91. The SMILES string of the molecule is COC(=O)c1ccc(NC(=O)C(C)Oc2ccc(Br)cc2)cc1. The first kappa shape index (κ1) is 17.0. The molecule has 0 saturated carbocycles. The van der Waals surface area contributed by atoms with Gasteiger partial charge in [-0.2, -0.15) is 0 Å². The highest BCUT2D eigenvalue weighted by Crippen LogP contribution is 2.18. The van der Waals surface area contributed by atoms with Crippen LogP contribution >= 0.6 is 15.9 Å². The highest BCUT2D eigenvalue weighted by molar-refractivity contribution is 9.10. The van der Waals surface area contributed by atoms with Gasteiger partial charge < -0.3 is 14.8 Å². The number of rotatable bonds is 5. The van der Waals surface area contributed by atoms with Crippen molar-refractivity contribution in [1.82, 2.24) is 0 Å². The van der Waals surface area contributed by atoms with Crippen LogP contribution in [0.3, 0.4) is 0 Å². The number of benzene rings is 2. The summed E-state index contributed by atoms with van der Waals surface area (Å²) < 4.78 is 11.1. The second kappa shape index (κ2) is 7.78. The van der Waals surface area contributed by atoms with Gasteiger partial charge in [-0.05, 0) is 55.5 Å². The molecule has 0 aliphatic rings. The van der Waals surface area contributed by atoms with Crippen LogP contribution in [0, 0.1) is 0 Å². The molecular weight excluding hydrogens is 362 g/mol. The quantitative estimate of drug-likeness (QED) is 0.807. The minimum Gasteiger partial charge on any atom is -0.481 e. The monoisotopic (exact) mass is 377 g/mol. The smallest absolute Gasteiger partial charge is 0.337 e. The summed E-state index contributed by atoms with van der Waals surface area (Å²) in [7, 11) is 1.32. The molecule has 0 aromatic heterocycles. The third-order valence-electron chi connectivity index (χ3n) is 3.07. The van der Waals surface area contributed by atoms with Crippen LogP contribution in [-0.4, -0.2) is 25.1 Å². The molecular formula is C17H16BrNO4. The molecule has 1 unspecified atom stereocenters. The number of anilines is 1. The van der Waals surface area contributed by atoms with Gasteiger partial charge >= 0.3 is 5.97 Å². The summed E-state index contributed by atoms with van der Waals surface area (Å²) in [6, 6.07) is 13.7. The zero-order valence-electron chi connectivity index (χ0n) is 12.7. The van der Waals surface area contributed by atoms with Crippen LogP contribution in [-0.2, 0) is 9.53 Å². The van der Waals surface area contributed by atoms with Crippen LogP contribution in [0.1, 0.15) is 17.3 Å². The minimum absolute atomic E-state index is 0.279. The van der Waals surface area contributed by atoms with Gasteiger partial charge in [0.1, 0.15) is 5.75 Å². The third kappa shape index (κ3) is 4.82. The Hall–Kier alpha value is -2.34. The molecule has 1 amide bonds. The Labute approximate surface area is 142 Å². The van der Waals surface area contributed by atoms with E-state index in [4.69, 9.17) is 4.74 Å². The summed E-state index contributed by atoms with van der Waals surface area (Å²) in [5.41, 5.74) is 0.999. The van der Waals surface area contributed by atoms with Gasteiger partial charge in [0.05, 0.1) is 12.7 Å². The predicted octanol–water partition coefficient (Wildman–Crippen LogP) is 3.64. The Morgan fingerprint density at radius 2 is 1.65 bits per heavy atom. The van der Waals surface area contributed by atoms with Crippen molar-refractivity contribution in [2.45, 2.75) is 13.0 Å². The topological polar surface area (TPSA) is 64.6 Å². The summed E-state index contributed by atoms with van der Waals surface area (Å²) in [5, 5.41) is 2.73. The number of halogens is 1. The van der Waals surface area contributed by atoms with E-state index in [0.29, 0.717) is 17.0 Å². The average Bonchev–Trinajstić information content (AvgIpc) is 2.56. The van der Waals surface area contributed by atoms with E-state index in [0.717, 1.165) is 4.47 Å². The van der Waals surface area contributed by atoms with Crippen LogP contribution < -0.4 is 10.1 Å². The largest absolute Gasteiger partial charge is 0.481 e. The van der Waals surface area contributed by atoms with Gasteiger partial charge in [0.25, 0.3) is 5.91 Å². The number of amides is 1. The fourth-order valence-electron chi connectivity index (χ4n) is 1.82. The molecule has 0 radical (unpaired) electrons. The van der Waals surface area contributed by atoms with E-state index in [2.05, 4.69) is 26.0 Å². The third-order valence-corrected chi connectivity index (χ3v) is 3.60. The predicted molar refractivity (Wildman–Crippen MR) is 90.6 cm³/mol. The first-order chi connectivity index (χ1) is 11.0. The molecule has 1 atom stereocenters. The molecule has 2 aromatic rings. The lowest BCUT2D eigenvalue weighted by Gasteiger charge is -2.15. The lowest BCUT2D eigenvalue weighted by Crippen LogP contribution is -2.30. The van der Waals surface area contributed by atoms with Crippen LogP contribution in [0.5, 0.6) is 5.75 Å². The fourth-order valence-corrected chi connectivity index (χ4v) is 2.09. The minimum atomic E-state index is -0.656. The molecule has 23 heavy (non-hydrogen) atoms. The Bertz CT molecular complexity index is 683. The van der Waals surface area contributed by atoms with Crippen molar-refractivity contribution in [3.63, 3.8) is 0 Å². The van der Waals surface area contributed by atoms with Crippen LogP contribution in [0.2, 0.25) is 0 Å². The number of nitrogens with one attached hydrogen (secondary N) is 1. The number of hydrogen-bond donors (Lipinski definition) is 1. The van der Waals surface area contributed by atoms with Gasteiger partial charge in [0.15, 0.2) is 6.10 Å². The highest BCUT2D eigenvalue weighted by atomic mass is 79.9. The van der Waals surface area contributed by atoms with Gasteiger partial charge in [0, 0.05) is 10.2 Å². The molecule has 0 spiro atoms.